The van der Waals surface area contributed by atoms with Gasteiger partial charge in [0.25, 0.3) is 5.56 Å². The van der Waals surface area contributed by atoms with Gasteiger partial charge < -0.3 is 4.98 Å². The Morgan fingerprint density at radius 3 is 2.19 bits per heavy atom. The van der Waals surface area contributed by atoms with Crippen molar-refractivity contribution in [2.45, 2.75) is 46.5 Å². The number of anilines is 1. The van der Waals surface area contributed by atoms with E-state index >= 15 is 0 Å². The zero-order chi connectivity index (χ0) is 26.3. The molecule has 0 fully saturated rings. The lowest BCUT2D eigenvalue weighted by Gasteiger charge is -2.26. The first kappa shape index (κ1) is 25.4. The number of rotatable bonds is 6. The molecule has 4 rings (SSSR count). The average molecular weight is 506 g/mol. The number of benzene rings is 3. The molecular weight excluding hydrogens is 474 g/mol. The van der Waals surface area contributed by atoms with Crippen LogP contribution in [0.3, 0.4) is 0 Å². The largest absolute Gasteiger partial charge is 0.325 e. The third kappa shape index (κ3) is 5.14. The highest BCUT2D eigenvalue weighted by molar-refractivity contribution is 7.92. The van der Waals surface area contributed by atoms with Crippen LogP contribution in [-0.4, -0.2) is 24.1 Å². The van der Waals surface area contributed by atoms with E-state index in [1.807, 2.05) is 36.4 Å². The Kier molecular flexibility index (Phi) is 6.66. The van der Waals surface area contributed by atoms with Crippen LogP contribution in [0.4, 0.5) is 5.69 Å². The lowest BCUT2D eigenvalue weighted by molar-refractivity contribution is 0.584. The fraction of sp³-hybridized carbons (Fsp3) is 0.286. The van der Waals surface area contributed by atoms with Crippen molar-refractivity contribution in [3.05, 3.63) is 86.7 Å². The van der Waals surface area contributed by atoms with Gasteiger partial charge in [-0.1, -0.05) is 52.0 Å². The van der Waals surface area contributed by atoms with Gasteiger partial charge in [-0.3, -0.25) is 14.5 Å². The SMILES string of the molecule is CCc1c(-c2ccc3cc(NS(=O)(=O)CC)ccc3c2)cc(-c2c[nH]c(=O)[nH]c2=O)cc1C(C)(C)C. The van der Waals surface area contributed by atoms with Gasteiger partial charge >= 0.3 is 5.69 Å². The van der Waals surface area contributed by atoms with Crippen LogP contribution in [0.25, 0.3) is 33.0 Å². The Balaban J connectivity index is 1.92. The van der Waals surface area contributed by atoms with Crippen LogP contribution in [0.5, 0.6) is 0 Å². The van der Waals surface area contributed by atoms with Crippen LogP contribution < -0.4 is 16.0 Å². The molecule has 0 amide bonds. The fourth-order valence-electron chi connectivity index (χ4n) is 4.49. The van der Waals surface area contributed by atoms with Crippen LogP contribution in [-0.2, 0) is 21.9 Å². The summed E-state index contributed by atoms with van der Waals surface area (Å²) in [7, 11) is -3.36. The van der Waals surface area contributed by atoms with Crippen molar-refractivity contribution in [3.8, 4) is 22.3 Å². The number of sulfonamides is 1. The van der Waals surface area contributed by atoms with E-state index in [0.29, 0.717) is 11.3 Å². The summed E-state index contributed by atoms with van der Waals surface area (Å²) in [5, 5.41) is 1.89. The van der Waals surface area contributed by atoms with E-state index in [-0.39, 0.29) is 11.2 Å². The normalized spacial score (nSPS) is 12.1. The average Bonchev–Trinajstić information content (AvgIpc) is 2.82. The monoisotopic (exact) mass is 505 g/mol. The maximum absolute atomic E-state index is 12.6. The zero-order valence-corrected chi connectivity index (χ0v) is 22.0. The van der Waals surface area contributed by atoms with Crippen LogP contribution >= 0.6 is 0 Å². The van der Waals surface area contributed by atoms with Crippen molar-refractivity contribution >= 4 is 26.5 Å². The summed E-state index contributed by atoms with van der Waals surface area (Å²) < 4.78 is 26.5. The first-order valence-corrected chi connectivity index (χ1v) is 13.6. The second-order valence-electron chi connectivity index (χ2n) is 9.92. The van der Waals surface area contributed by atoms with Crippen LogP contribution in [0.2, 0.25) is 0 Å². The third-order valence-corrected chi connectivity index (χ3v) is 7.65. The summed E-state index contributed by atoms with van der Waals surface area (Å²) in [5.41, 5.74) is 4.85. The van der Waals surface area contributed by atoms with Crippen molar-refractivity contribution in [1.29, 1.82) is 0 Å². The number of aromatic amines is 2. The summed E-state index contributed by atoms with van der Waals surface area (Å²) in [4.78, 5) is 29.1. The number of nitrogens with one attached hydrogen (secondary N) is 3. The molecule has 0 atom stereocenters. The first-order valence-electron chi connectivity index (χ1n) is 12.0. The molecule has 4 aromatic rings. The molecule has 0 saturated heterocycles. The van der Waals surface area contributed by atoms with Gasteiger partial charge in [0, 0.05) is 11.9 Å². The molecule has 36 heavy (non-hydrogen) atoms. The topological polar surface area (TPSA) is 112 Å². The minimum absolute atomic E-state index is 0.00829. The highest BCUT2D eigenvalue weighted by atomic mass is 32.2. The fourth-order valence-corrected chi connectivity index (χ4v) is 5.12. The van der Waals surface area contributed by atoms with Gasteiger partial charge in [-0.2, -0.15) is 0 Å². The second-order valence-corrected chi connectivity index (χ2v) is 11.9. The molecule has 0 saturated carbocycles. The van der Waals surface area contributed by atoms with Gasteiger partial charge in [-0.05, 0) is 81.6 Å². The second kappa shape index (κ2) is 9.43. The van der Waals surface area contributed by atoms with Gasteiger partial charge in [0.05, 0.1) is 11.3 Å². The number of fused-ring (bicyclic) bond motifs is 1. The van der Waals surface area contributed by atoms with E-state index in [1.54, 1.807) is 13.0 Å². The molecule has 3 N–H and O–H groups in total. The Labute approximate surface area is 210 Å². The molecule has 0 aliphatic carbocycles. The molecule has 3 aromatic carbocycles. The van der Waals surface area contributed by atoms with E-state index in [4.69, 9.17) is 0 Å². The highest BCUT2D eigenvalue weighted by Crippen LogP contribution is 2.38. The molecule has 8 heteroatoms. The van der Waals surface area contributed by atoms with Crippen LogP contribution in [0.1, 0.15) is 45.7 Å². The molecule has 188 valence electrons. The van der Waals surface area contributed by atoms with E-state index in [0.717, 1.165) is 39.4 Å². The highest BCUT2D eigenvalue weighted by Gasteiger charge is 2.22. The van der Waals surface area contributed by atoms with Crippen molar-refractivity contribution in [3.63, 3.8) is 0 Å². The predicted molar refractivity (Wildman–Crippen MR) is 147 cm³/mol. The predicted octanol–water partition coefficient (Wildman–Crippen LogP) is 5.17. The summed E-state index contributed by atoms with van der Waals surface area (Å²) in [6.45, 7) is 10.2. The van der Waals surface area contributed by atoms with Crippen molar-refractivity contribution in [1.82, 2.24) is 9.97 Å². The maximum Gasteiger partial charge on any atom is 0.325 e. The van der Waals surface area contributed by atoms with Gasteiger partial charge in [0.15, 0.2) is 0 Å². The molecule has 0 bridgehead atoms. The first-order chi connectivity index (χ1) is 16.9. The maximum atomic E-state index is 12.6. The third-order valence-electron chi connectivity index (χ3n) is 6.35. The quantitative estimate of drug-likeness (QED) is 0.335. The summed E-state index contributed by atoms with van der Waals surface area (Å²) in [6.07, 6.45) is 2.26. The molecular formula is C28H31N3O4S. The number of aromatic nitrogens is 2. The number of hydrogen-bond donors (Lipinski definition) is 3. The Bertz CT molecular complexity index is 1680. The molecule has 0 unspecified atom stereocenters. The molecule has 0 spiro atoms. The van der Waals surface area contributed by atoms with Gasteiger partial charge in [-0.15, -0.1) is 0 Å². The summed E-state index contributed by atoms with van der Waals surface area (Å²) >= 11 is 0. The van der Waals surface area contributed by atoms with Gasteiger partial charge in [-0.25, -0.2) is 13.2 Å². The molecule has 1 heterocycles. The summed E-state index contributed by atoms with van der Waals surface area (Å²) in [6, 6.07) is 15.6. The van der Waals surface area contributed by atoms with E-state index in [9.17, 15) is 18.0 Å². The van der Waals surface area contributed by atoms with Crippen molar-refractivity contribution in [2.75, 3.05) is 10.5 Å². The lowest BCUT2D eigenvalue weighted by Crippen LogP contribution is -2.23. The molecule has 0 radical (unpaired) electrons. The Hall–Kier alpha value is -3.65. The molecule has 1 aromatic heterocycles. The van der Waals surface area contributed by atoms with E-state index < -0.39 is 21.3 Å². The van der Waals surface area contributed by atoms with Crippen LogP contribution in [0.15, 0.2) is 64.3 Å². The minimum atomic E-state index is -3.36. The molecule has 0 aliphatic heterocycles. The molecule has 7 nitrogen and oxygen atoms in total. The zero-order valence-electron chi connectivity index (χ0n) is 21.2. The Morgan fingerprint density at radius 2 is 1.56 bits per heavy atom. The summed E-state index contributed by atoms with van der Waals surface area (Å²) in [5.74, 6) is 0.00829. The van der Waals surface area contributed by atoms with E-state index in [2.05, 4.69) is 48.5 Å². The van der Waals surface area contributed by atoms with Crippen molar-refractivity contribution in [2.24, 2.45) is 0 Å². The minimum Gasteiger partial charge on any atom is -0.313 e. The molecule has 0 aliphatic rings. The van der Waals surface area contributed by atoms with Crippen LogP contribution in [0, 0.1) is 0 Å². The Morgan fingerprint density at radius 1 is 0.861 bits per heavy atom. The smallest absolute Gasteiger partial charge is 0.313 e. The van der Waals surface area contributed by atoms with Gasteiger partial charge in [0.1, 0.15) is 0 Å². The van der Waals surface area contributed by atoms with Crippen molar-refractivity contribution < 1.29 is 8.42 Å². The lowest BCUT2D eigenvalue weighted by atomic mass is 9.78. The standard InChI is InChI=1S/C28H31N3O4S/c1-6-22-23(14-20(15-25(22)28(3,4)5)24-16-29-27(33)30-26(24)32)19-9-8-18-13-21(11-10-17(18)12-19)31-36(34,35)7-2/h8-16,31H,6-7H2,1-5H3,(H2,29,30,32,33). The number of H-pyrrole nitrogens is 2. The van der Waals surface area contributed by atoms with Gasteiger partial charge in [0.2, 0.25) is 10.0 Å². The van der Waals surface area contributed by atoms with E-state index in [1.165, 1.54) is 11.8 Å². The number of hydrogen-bond acceptors (Lipinski definition) is 4.